The van der Waals surface area contributed by atoms with Crippen LogP contribution in [0.4, 0.5) is 4.39 Å². The van der Waals surface area contributed by atoms with Gasteiger partial charge in [-0.15, -0.1) is 11.3 Å². The van der Waals surface area contributed by atoms with Crippen LogP contribution < -0.4 is 0 Å². The largest absolute Gasteiger partial charge is 0.360 e. The van der Waals surface area contributed by atoms with Crippen LogP contribution >= 0.6 is 11.3 Å². The van der Waals surface area contributed by atoms with Gasteiger partial charge in [-0.1, -0.05) is 5.16 Å². The molecule has 2 aromatic rings. The van der Waals surface area contributed by atoms with Crippen molar-refractivity contribution in [2.45, 2.75) is 38.6 Å². The predicted molar refractivity (Wildman–Crippen MR) is 90.3 cm³/mol. The van der Waals surface area contributed by atoms with E-state index in [0.29, 0.717) is 19.5 Å². The summed E-state index contributed by atoms with van der Waals surface area (Å²) in [6.07, 6.45) is -0.245. The zero-order valence-corrected chi connectivity index (χ0v) is 14.7. The van der Waals surface area contributed by atoms with Gasteiger partial charge >= 0.3 is 0 Å². The van der Waals surface area contributed by atoms with Crippen molar-refractivity contribution in [1.29, 1.82) is 5.26 Å². The summed E-state index contributed by atoms with van der Waals surface area (Å²) in [5.74, 6) is 0.783. The summed E-state index contributed by atoms with van der Waals surface area (Å²) in [5, 5.41) is 12.8. The van der Waals surface area contributed by atoms with Crippen LogP contribution in [0.2, 0.25) is 0 Å². The number of aryl methyl sites for hydroxylation is 1. The Morgan fingerprint density at radius 1 is 1.54 bits per heavy atom. The molecule has 5 nitrogen and oxygen atoms in total. The highest BCUT2D eigenvalue weighted by atomic mass is 32.1. The second kappa shape index (κ2) is 7.43. The van der Waals surface area contributed by atoms with Gasteiger partial charge in [0.05, 0.1) is 12.2 Å². The quantitative estimate of drug-likeness (QED) is 0.803. The maximum absolute atomic E-state index is 13.9. The molecule has 0 radical (unpaired) electrons. The van der Waals surface area contributed by atoms with Gasteiger partial charge in [0, 0.05) is 36.6 Å². The minimum atomic E-state index is -0.792. The van der Waals surface area contributed by atoms with Crippen molar-refractivity contribution in [3.63, 3.8) is 0 Å². The van der Waals surface area contributed by atoms with Gasteiger partial charge in [0.25, 0.3) is 0 Å². The van der Waals surface area contributed by atoms with Crippen LogP contribution in [0.1, 0.15) is 27.6 Å². The minimum absolute atomic E-state index is 0.158. The molecular weight excluding hydrogens is 327 g/mol. The molecule has 24 heavy (non-hydrogen) atoms. The Kier molecular flexibility index (Phi) is 5.29. The third-order valence-corrected chi connectivity index (χ3v) is 5.21. The highest BCUT2D eigenvalue weighted by Crippen LogP contribution is 2.24. The summed E-state index contributed by atoms with van der Waals surface area (Å²) in [5.41, 5.74) is 0.848. The van der Waals surface area contributed by atoms with Crippen LogP contribution in [0.5, 0.6) is 0 Å². The highest BCUT2D eigenvalue weighted by molar-refractivity contribution is 7.12. The maximum Gasteiger partial charge on any atom is 0.150 e. The molecule has 128 valence electrons. The fourth-order valence-corrected chi connectivity index (χ4v) is 4.10. The number of aromatic nitrogens is 1. The number of nitrogens with zero attached hydrogens (tertiary/aromatic N) is 4. The molecule has 3 rings (SSSR count). The molecular formula is C17H21FN4OS. The first-order valence-corrected chi connectivity index (χ1v) is 8.83. The molecule has 2 atom stereocenters. The zero-order valence-electron chi connectivity index (χ0n) is 13.9. The van der Waals surface area contributed by atoms with Crippen molar-refractivity contribution in [2.24, 2.45) is 0 Å². The number of halogens is 1. The van der Waals surface area contributed by atoms with Crippen LogP contribution in [0.3, 0.4) is 0 Å². The third kappa shape index (κ3) is 4.20. The summed E-state index contributed by atoms with van der Waals surface area (Å²) >= 11 is 1.51. The summed E-state index contributed by atoms with van der Waals surface area (Å²) in [6.45, 7) is 4.48. The van der Waals surface area contributed by atoms with E-state index >= 15 is 0 Å². The zero-order chi connectivity index (χ0) is 17.1. The van der Waals surface area contributed by atoms with Crippen LogP contribution in [-0.2, 0) is 13.1 Å². The highest BCUT2D eigenvalue weighted by Gasteiger charge is 2.33. The summed E-state index contributed by atoms with van der Waals surface area (Å²) in [7, 11) is 2.04. The van der Waals surface area contributed by atoms with Gasteiger partial charge in [-0.25, -0.2) is 4.39 Å². The Bertz CT molecular complexity index is 722. The number of likely N-dealkylation sites (tertiary alicyclic amines) is 1. The molecule has 0 bridgehead atoms. The van der Waals surface area contributed by atoms with Gasteiger partial charge in [0.1, 0.15) is 17.1 Å². The first-order valence-electron chi connectivity index (χ1n) is 8.01. The molecule has 0 aliphatic carbocycles. The van der Waals surface area contributed by atoms with Crippen molar-refractivity contribution in [3.8, 4) is 6.07 Å². The summed E-state index contributed by atoms with van der Waals surface area (Å²) in [6, 6.07) is 8.06. The van der Waals surface area contributed by atoms with Gasteiger partial charge in [-0.2, -0.15) is 5.26 Å². The molecule has 0 amide bonds. The number of hydrogen-bond acceptors (Lipinski definition) is 6. The van der Waals surface area contributed by atoms with Gasteiger partial charge in [-0.3, -0.25) is 9.80 Å². The van der Waals surface area contributed by atoms with E-state index < -0.39 is 6.17 Å². The van der Waals surface area contributed by atoms with E-state index in [9.17, 15) is 4.39 Å². The maximum atomic E-state index is 13.9. The SMILES string of the molecule is Cc1cc(CN2C[C@@H](F)C[C@H]2CN(C)Cc2ccc(C#N)s2)on1. The van der Waals surface area contributed by atoms with Gasteiger partial charge in [0.2, 0.25) is 0 Å². The first-order chi connectivity index (χ1) is 11.5. The van der Waals surface area contributed by atoms with Crippen LogP contribution in [-0.4, -0.2) is 47.3 Å². The molecule has 2 aromatic heterocycles. The second-order valence-corrected chi connectivity index (χ2v) is 7.59. The van der Waals surface area contributed by atoms with Crippen LogP contribution in [0.15, 0.2) is 22.7 Å². The van der Waals surface area contributed by atoms with E-state index in [0.717, 1.165) is 34.3 Å². The van der Waals surface area contributed by atoms with Crippen molar-refractivity contribution in [2.75, 3.05) is 20.1 Å². The van der Waals surface area contributed by atoms with Crippen LogP contribution in [0, 0.1) is 18.3 Å². The fourth-order valence-electron chi connectivity index (χ4n) is 3.21. The minimum Gasteiger partial charge on any atom is -0.360 e. The third-order valence-electron chi connectivity index (χ3n) is 4.23. The van der Waals surface area contributed by atoms with Gasteiger partial charge in [-0.05, 0) is 32.5 Å². The normalized spacial score (nSPS) is 21.5. The average Bonchev–Trinajstić information content (AvgIpc) is 3.22. The Morgan fingerprint density at radius 3 is 3.04 bits per heavy atom. The average molecular weight is 348 g/mol. The molecule has 0 N–H and O–H groups in total. The lowest BCUT2D eigenvalue weighted by atomic mass is 10.2. The Labute approximate surface area is 145 Å². The van der Waals surface area contributed by atoms with Crippen molar-refractivity contribution in [1.82, 2.24) is 15.0 Å². The van der Waals surface area contributed by atoms with E-state index in [1.165, 1.54) is 11.3 Å². The first kappa shape index (κ1) is 17.1. The number of hydrogen-bond donors (Lipinski definition) is 0. The molecule has 1 saturated heterocycles. The van der Waals surface area contributed by atoms with E-state index in [-0.39, 0.29) is 6.04 Å². The number of thiophene rings is 1. The molecule has 7 heteroatoms. The van der Waals surface area contributed by atoms with E-state index in [2.05, 4.69) is 21.0 Å². The molecule has 1 fully saturated rings. The Morgan fingerprint density at radius 2 is 2.38 bits per heavy atom. The molecule has 0 saturated carbocycles. The number of alkyl halides is 1. The number of rotatable bonds is 6. The van der Waals surface area contributed by atoms with E-state index in [1.54, 1.807) is 0 Å². The molecule has 3 heterocycles. The van der Waals surface area contributed by atoms with Gasteiger partial charge < -0.3 is 4.52 Å². The summed E-state index contributed by atoms with van der Waals surface area (Å²) < 4.78 is 19.2. The Hall–Kier alpha value is -1.75. The van der Waals surface area contributed by atoms with E-state index in [4.69, 9.17) is 9.78 Å². The standard InChI is InChI=1S/C17H21FN4OS/c1-12-5-15(23-20-12)10-22-8-13(18)6-14(22)9-21(2)11-17-4-3-16(7-19)24-17/h3-5,13-14H,6,8-11H2,1-2H3/t13-,14-/m0/s1. The lowest BCUT2D eigenvalue weighted by Gasteiger charge is -2.27. The number of likely N-dealkylation sites (N-methyl/N-ethyl adjacent to an activating group) is 1. The van der Waals surface area contributed by atoms with Crippen molar-refractivity contribution < 1.29 is 8.91 Å². The van der Waals surface area contributed by atoms with Gasteiger partial charge in [0.15, 0.2) is 5.76 Å². The molecule has 0 unspecified atom stereocenters. The second-order valence-electron chi connectivity index (χ2n) is 6.43. The fraction of sp³-hybridized carbons (Fsp3) is 0.529. The predicted octanol–water partition coefficient (Wildman–Crippen LogP) is 2.96. The lowest BCUT2D eigenvalue weighted by Crippen LogP contribution is -2.38. The smallest absolute Gasteiger partial charge is 0.150 e. The topological polar surface area (TPSA) is 56.3 Å². The monoisotopic (exact) mass is 348 g/mol. The molecule has 0 aromatic carbocycles. The van der Waals surface area contributed by atoms with E-state index in [1.807, 2.05) is 32.2 Å². The number of nitriles is 1. The summed E-state index contributed by atoms with van der Waals surface area (Å²) in [4.78, 5) is 6.21. The molecule has 1 aliphatic heterocycles. The Balaban J connectivity index is 1.58. The van der Waals surface area contributed by atoms with Crippen molar-refractivity contribution >= 4 is 11.3 Å². The lowest BCUT2D eigenvalue weighted by molar-refractivity contribution is 0.166. The molecule has 1 aliphatic rings. The van der Waals surface area contributed by atoms with Crippen molar-refractivity contribution in [3.05, 3.63) is 39.4 Å². The molecule has 0 spiro atoms. The van der Waals surface area contributed by atoms with Crippen LogP contribution in [0.25, 0.3) is 0 Å².